The number of carbonyl (C=O) groups excluding carboxylic acids is 2. The van der Waals surface area contributed by atoms with E-state index in [1.165, 1.54) is 5.56 Å². The van der Waals surface area contributed by atoms with E-state index in [1.54, 1.807) is 0 Å². The first-order chi connectivity index (χ1) is 14.5. The largest absolute Gasteiger partial charge is 0.356 e. The van der Waals surface area contributed by atoms with Crippen molar-refractivity contribution >= 4 is 11.8 Å². The summed E-state index contributed by atoms with van der Waals surface area (Å²) in [6, 6.07) is 8.14. The molecule has 1 aromatic carbocycles. The molecule has 1 N–H and O–H groups in total. The van der Waals surface area contributed by atoms with Crippen LogP contribution in [-0.4, -0.2) is 46.5 Å². The van der Waals surface area contributed by atoms with E-state index in [4.69, 9.17) is 4.52 Å². The lowest BCUT2D eigenvalue weighted by molar-refractivity contribution is -0.135. The molecule has 3 rings (SSSR count). The molecule has 2 amide bonds. The van der Waals surface area contributed by atoms with Crippen LogP contribution >= 0.6 is 0 Å². The van der Waals surface area contributed by atoms with Crippen molar-refractivity contribution in [2.24, 2.45) is 5.92 Å². The summed E-state index contributed by atoms with van der Waals surface area (Å²) in [4.78, 5) is 30.9. The molecule has 7 nitrogen and oxygen atoms in total. The van der Waals surface area contributed by atoms with Crippen LogP contribution in [-0.2, 0) is 16.0 Å². The third-order valence-electron chi connectivity index (χ3n) is 5.62. The Hall–Kier alpha value is -2.70. The van der Waals surface area contributed by atoms with Gasteiger partial charge in [-0.1, -0.05) is 50.2 Å². The van der Waals surface area contributed by atoms with Gasteiger partial charge in [0.25, 0.3) is 0 Å². The number of nitrogens with one attached hydrogen (secondary N) is 1. The summed E-state index contributed by atoms with van der Waals surface area (Å²) in [5.74, 6) is 1.70. The predicted molar refractivity (Wildman–Crippen MR) is 115 cm³/mol. The second-order valence-corrected chi connectivity index (χ2v) is 8.23. The monoisotopic (exact) mass is 412 g/mol. The molecule has 1 saturated heterocycles. The molecule has 1 aromatic heterocycles. The number of benzene rings is 1. The Labute approximate surface area is 178 Å². The van der Waals surface area contributed by atoms with Gasteiger partial charge in [-0.2, -0.15) is 4.98 Å². The summed E-state index contributed by atoms with van der Waals surface area (Å²) in [5.41, 5.74) is 2.17. The lowest BCUT2D eigenvalue weighted by atomic mass is 9.95. The molecule has 30 heavy (non-hydrogen) atoms. The Morgan fingerprint density at radius 2 is 1.90 bits per heavy atom. The number of aryl methyl sites for hydroxylation is 1. The average molecular weight is 413 g/mol. The quantitative estimate of drug-likeness (QED) is 0.716. The standard InChI is InChI=1S/C23H32N4O3/c1-4-13-24-23(29)19-11-14-27(15-12-19)21(28)10-9-20-25-22(26-30-20)18-7-5-17(6-8-18)16(2)3/h5-8,16,19H,4,9-15H2,1-3H3,(H,24,29). The molecule has 1 aliphatic rings. The highest BCUT2D eigenvalue weighted by Crippen LogP contribution is 2.21. The van der Waals surface area contributed by atoms with Gasteiger partial charge in [0, 0.05) is 44.0 Å². The van der Waals surface area contributed by atoms with Crippen molar-refractivity contribution in [1.29, 1.82) is 0 Å². The average Bonchev–Trinajstić information content (AvgIpc) is 3.25. The maximum absolute atomic E-state index is 12.5. The Kier molecular flexibility index (Phi) is 7.60. The van der Waals surface area contributed by atoms with E-state index in [2.05, 4.69) is 41.4 Å². The van der Waals surface area contributed by atoms with Crippen molar-refractivity contribution in [2.45, 2.75) is 58.8 Å². The number of hydrogen-bond donors (Lipinski definition) is 1. The molecular formula is C23H32N4O3. The number of amides is 2. The second kappa shape index (κ2) is 10.4. The molecule has 0 spiro atoms. The molecule has 7 heteroatoms. The first-order valence-electron chi connectivity index (χ1n) is 11.0. The van der Waals surface area contributed by atoms with E-state index in [0.717, 1.165) is 24.8 Å². The molecule has 2 heterocycles. The van der Waals surface area contributed by atoms with Crippen molar-refractivity contribution in [3.63, 3.8) is 0 Å². The number of nitrogens with zero attached hydrogens (tertiary/aromatic N) is 3. The topological polar surface area (TPSA) is 88.3 Å². The van der Waals surface area contributed by atoms with Gasteiger partial charge >= 0.3 is 0 Å². The number of aromatic nitrogens is 2. The minimum atomic E-state index is 0.0150. The van der Waals surface area contributed by atoms with E-state index in [0.29, 0.717) is 50.1 Å². The predicted octanol–water partition coefficient (Wildman–Crippen LogP) is 3.56. The van der Waals surface area contributed by atoms with Crippen LogP contribution in [0.25, 0.3) is 11.4 Å². The maximum Gasteiger partial charge on any atom is 0.227 e. The van der Waals surface area contributed by atoms with Crippen molar-refractivity contribution in [2.75, 3.05) is 19.6 Å². The van der Waals surface area contributed by atoms with Crippen LogP contribution in [0.4, 0.5) is 0 Å². The molecule has 0 unspecified atom stereocenters. The van der Waals surface area contributed by atoms with Crippen LogP contribution in [0.5, 0.6) is 0 Å². The number of hydrogen-bond acceptors (Lipinski definition) is 5. The molecule has 0 aliphatic carbocycles. The Morgan fingerprint density at radius 3 is 2.53 bits per heavy atom. The zero-order valence-electron chi connectivity index (χ0n) is 18.2. The summed E-state index contributed by atoms with van der Waals surface area (Å²) in [6.07, 6.45) is 3.13. The van der Waals surface area contributed by atoms with E-state index in [1.807, 2.05) is 24.0 Å². The Bertz CT molecular complexity index is 836. The molecule has 1 fully saturated rings. The summed E-state index contributed by atoms with van der Waals surface area (Å²) in [7, 11) is 0. The molecular weight excluding hydrogens is 380 g/mol. The summed E-state index contributed by atoms with van der Waals surface area (Å²) >= 11 is 0. The number of carbonyl (C=O) groups is 2. The highest BCUT2D eigenvalue weighted by Gasteiger charge is 2.27. The molecule has 0 bridgehead atoms. The summed E-state index contributed by atoms with van der Waals surface area (Å²) in [5, 5.41) is 7.00. The SMILES string of the molecule is CCCNC(=O)C1CCN(C(=O)CCc2nc(-c3ccc(C(C)C)cc3)no2)CC1. The number of rotatable bonds is 8. The molecule has 0 radical (unpaired) electrons. The molecule has 0 saturated carbocycles. The zero-order valence-corrected chi connectivity index (χ0v) is 18.2. The highest BCUT2D eigenvalue weighted by atomic mass is 16.5. The maximum atomic E-state index is 12.5. The van der Waals surface area contributed by atoms with Gasteiger partial charge in [-0.3, -0.25) is 9.59 Å². The third kappa shape index (κ3) is 5.68. The number of likely N-dealkylation sites (tertiary alicyclic amines) is 1. The minimum Gasteiger partial charge on any atom is -0.356 e. The van der Waals surface area contributed by atoms with Gasteiger partial charge in [-0.15, -0.1) is 0 Å². The van der Waals surface area contributed by atoms with Gasteiger partial charge in [-0.25, -0.2) is 0 Å². The Balaban J connectivity index is 1.46. The molecule has 162 valence electrons. The van der Waals surface area contributed by atoms with E-state index < -0.39 is 0 Å². The smallest absolute Gasteiger partial charge is 0.227 e. The first kappa shape index (κ1) is 22.0. The van der Waals surface area contributed by atoms with Crippen molar-refractivity contribution < 1.29 is 14.1 Å². The van der Waals surface area contributed by atoms with Crippen molar-refractivity contribution in [3.8, 4) is 11.4 Å². The fourth-order valence-corrected chi connectivity index (χ4v) is 3.65. The van der Waals surface area contributed by atoms with Gasteiger partial charge in [-0.05, 0) is 30.7 Å². The van der Waals surface area contributed by atoms with Gasteiger partial charge < -0.3 is 14.7 Å². The lowest BCUT2D eigenvalue weighted by Crippen LogP contribution is -2.43. The molecule has 1 aliphatic heterocycles. The first-order valence-corrected chi connectivity index (χ1v) is 11.0. The molecule has 2 aromatic rings. The zero-order chi connectivity index (χ0) is 21.5. The van der Waals surface area contributed by atoms with Crippen LogP contribution in [0.15, 0.2) is 28.8 Å². The fraction of sp³-hybridized carbons (Fsp3) is 0.565. The van der Waals surface area contributed by atoms with Gasteiger partial charge in [0.1, 0.15) is 0 Å². The van der Waals surface area contributed by atoms with Gasteiger partial charge in [0.15, 0.2) is 0 Å². The van der Waals surface area contributed by atoms with Crippen molar-refractivity contribution in [1.82, 2.24) is 20.4 Å². The van der Waals surface area contributed by atoms with Crippen LogP contribution in [0.1, 0.15) is 63.8 Å². The summed E-state index contributed by atoms with van der Waals surface area (Å²) < 4.78 is 5.34. The van der Waals surface area contributed by atoms with Crippen molar-refractivity contribution in [3.05, 3.63) is 35.7 Å². The van der Waals surface area contributed by atoms with E-state index in [-0.39, 0.29) is 17.7 Å². The number of piperidine rings is 1. The Morgan fingerprint density at radius 1 is 1.20 bits per heavy atom. The van der Waals surface area contributed by atoms with Crippen LogP contribution < -0.4 is 5.32 Å². The minimum absolute atomic E-state index is 0.0150. The van der Waals surface area contributed by atoms with Crippen LogP contribution in [0, 0.1) is 5.92 Å². The van der Waals surface area contributed by atoms with Gasteiger partial charge in [0.05, 0.1) is 0 Å². The van der Waals surface area contributed by atoms with Crippen LogP contribution in [0.2, 0.25) is 0 Å². The highest BCUT2D eigenvalue weighted by molar-refractivity contribution is 5.80. The molecule has 0 atom stereocenters. The second-order valence-electron chi connectivity index (χ2n) is 8.23. The van der Waals surface area contributed by atoms with Gasteiger partial charge in [0.2, 0.25) is 23.5 Å². The van der Waals surface area contributed by atoms with E-state index >= 15 is 0 Å². The normalized spacial score (nSPS) is 14.9. The van der Waals surface area contributed by atoms with Crippen LogP contribution in [0.3, 0.4) is 0 Å². The van der Waals surface area contributed by atoms with E-state index in [9.17, 15) is 9.59 Å². The third-order valence-corrected chi connectivity index (χ3v) is 5.62. The lowest BCUT2D eigenvalue weighted by Gasteiger charge is -2.31. The summed E-state index contributed by atoms with van der Waals surface area (Å²) in [6.45, 7) is 8.31. The fourth-order valence-electron chi connectivity index (χ4n) is 3.65.